The summed E-state index contributed by atoms with van der Waals surface area (Å²) in [5.41, 5.74) is -1.76. The quantitative estimate of drug-likeness (QED) is 0.0836. The third kappa shape index (κ3) is 6.02. The topological polar surface area (TPSA) is 147 Å². The van der Waals surface area contributed by atoms with Crippen molar-refractivity contribution >= 4 is 23.5 Å². The maximum absolute atomic E-state index is 14.1. The Morgan fingerprint density at radius 3 is 1.68 bits per heavy atom. The minimum atomic E-state index is -1.22. The molecule has 0 saturated heterocycles. The molecule has 0 saturated carbocycles. The van der Waals surface area contributed by atoms with Gasteiger partial charge in [-0.1, -0.05) is 91.0 Å². The van der Waals surface area contributed by atoms with Crippen LogP contribution in [0.5, 0.6) is 23.0 Å². The minimum Gasteiger partial charge on any atom is -0.508 e. The van der Waals surface area contributed by atoms with Crippen LogP contribution < -0.4 is 4.74 Å². The van der Waals surface area contributed by atoms with Gasteiger partial charge in [0.15, 0.2) is 23.1 Å². The molecule has 5 aromatic rings. The zero-order valence-corrected chi connectivity index (χ0v) is 23.0. The van der Waals surface area contributed by atoms with Crippen molar-refractivity contribution in [3.05, 3.63) is 154 Å². The summed E-state index contributed by atoms with van der Waals surface area (Å²) in [6, 6.07) is 28.8. The van der Waals surface area contributed by atoms with Gasteiger partial charge in [-0.25, -0.2) is 9.59 Å². The minimum absolute atomic E-state index is 0.0177. The first-order valence-electron chi connectivity index (χ1n) is 13.3. The van der Waals surface area contributed by atoms with Crippen molar-refractivity contribution in [1.82, 2.24) is 0 Å². The Bertz CT molecular complexity index is 1870. The van der Waals surface area contributed by atoms with E-state index in [1.807, 2.05) is 0 Å². The third-order valence-corrected chi connectivity index (χ3v) is 6.62. The molecule has 0 fully saturated rings. The van der Waals surface area contributed by atoms with Gasteiger partial charge in [0, 0.05) is 11.1 Å². The molecular weight excluding hydrogens is 564 g/mol. The summed E-state index contributed by atoms with van der Waals surface area (Å²) in [6.07, 6.45) is 0. The smallest absolute Gasteiger partial charge is 0.343 e. The van der Waals surface area contributed by atoms with Gasteiger partial charge in [-0.3, -0.25) is 9.59 Å². The Kier molecular flexibility index (Phi) is 8.48. The van der Waals surface area contributed by atoms with Crippen molar-refractivity contribution in [2.45, 2.75) is 6.61 Å². The van der Waals surface area contributed by atoms with Gasteiger partial charge in [-0.2, -0.15) is 0 Å². The van der Waals surface area contributed by atoms with Gasteiger partial charge in [0.05, 0.1) is 22.3 Å². The Hall–Kier alpha value is -6.22. The molecule has 0 aliphatic heterocycles. The zero-order chi connectivity index (χ0) is 31.2. The van der Waals surface area contributed by atoms with Crippen molar-refractivity contribution < 1.29 is 44.0 Å². The highest BCUT2D eigenvalue weighted by molar-refractivity contribution is 6.24. The van der Waals surface area contributed by atoms with E-state index < -0.39 is 57.4 Å². The van der Waals surface area contributed by atoms with Gasteiger partial charge in [-0.15, -0.1) is 0 Å². The zero-order valence-electron chi connectivity index (χ0n) is 23.0. The molecule has 0 spiro atoms. The number of aromatic hydroxyl groups is 3. The molecule has 5 aromatic carbocycles. The van der Waals surface area contributed by atoms with Gasteiger partial charge in [0.1, 0.15) is 12.4 Å². The van der Waals surface area contributed by atoms with Crippen LogP contribution in [0.4, 0.5) is 0 Å². The van der Waals surface area contributed by atoms with Crippen LogP contribution in [0.15, 0.2) is 115 Å². The number of benzene rings is 5. The van der Waals surface area contributed by atoms with Crippen LogP contribution in [0, 0.1) is 0 Å². The van der Waals surface area contributed by atoms with E-state index in [0.29, 0.717) is 5.56 Å². The lowest BCUT2D eigenvalue weighted by molar-refractivity contribution is 0.0464. The lowest BCUT2D eigenvalue weighted by Crippen LogP contribution is -2.21. The van der Waals surface area contributed by atoms with Crippen LogP contribution >= 0.6 is 0 Å². The maximum atomic E-state index is 14.1. The van der Waals surface area contributed by atoms with E-state index in [2.05, 4.69) is 0 Å². The van der Waals surface area contributed by atoms with Crippen molar-refractivity contribution in [3.8, 4) is 23.0 Å². The predicted octanol–water partition coefficient (Wildman–Crippen LogP) is 5.84. The summed E-state index contributed by atoms with van der Waals surface area (Å²) < 4.78 is 11.0. The molecule has 0 aromatic heterocycles. The predicted molar refractivity (Wildman–Crippen MR) is 158 cm³/mol. The van der Waals surface area contributed by atoms with Crippen LogP contribution in [0.1, 0.15) is 58.1 Å². The normalized spacial score (nSPS) is 10.5. The van der Waals surface area contributed by atoms with E-state index >= 15 is 0 Å². The van der Waals surface area contributed by atoms with E-state index in [1.54, 1.807) is 66.7 Å². The number of hydrogen-bond donors (Lipinski definition) is 3. The standard InChI is InChI=1S/C35H24O9/c36-25-18-10-17-24(19-25)30(38)28-26(35(42)43-20-21-11-4-1-5-12-21)27(29(37)22-13-6-2-7-14-22)31(39)32(40)33(28)44-34(41)23-15-8-3-9-16-23/h1-19,36,39-40H,20H2. The van der Waals surface area contributed by atoms with Crippen molar-refractivity contribution in [2.75, 3.05) is 0 Å². The SMILES string of the molecule is O=C(Oc1c(O)c(O)c(C(=O)c2ccccc2)c(C(=O)OCc2ccccc2)c1C(=O)c1cccc(O)c1)c1ccccc1. The van der Waals surface area contributed by atoms with Crippen molar-refractivity contribution in [1.29, 1.82) is 0 Å². The molecule has 5 rings (SSSR count). The monoisotopic (exact) mass is 588 g/mol. The van der Waals surface area contributed by atoms with Crippen LogP contribution in [-0.4, -0.2) is 38.8 Å². The molecule has 0 aliphatic rings. The Labute approximate surface area is 251 Å². The van der Waals surface area contributed by atoms with E-state index in [9.17, 15) is 34.5 Å². The molecule has 218 valence electrons. The van der Waals surface area contributed by atoms with E-state index in [4.69, 9.17) is 9.47 Å². The first-order valence-corrected chi connectivity index (χ1v) is 13.3. The molecule has 44 heavy (non-hydrogen) atoms. The number of esters is 2. The summed E-state index contributed by atoms with van der Waals surface area (Å²) in [4.78, 5) is 54.9. The molecule has 0 atom stereocenters. The Balaban J connectivity index is 1.77. The molecule has 0 heterocycles. The molecule has 0 amide bonds. The summed E-state index contributed by atoms with van der Waals surface area (Å²) >= 11 is 0. The average Bonchev–Trinajstić information content (AvgIpc) is 3.06. The number of hydrogen-bond acceptors (Lipinski definition) is 9. The first kappa shape index (κ1) is 29.3. The fraction of sp³-hybridized carbons (Fsp3) is 0.0286. The van der Waals surface area contributed by atoms with Crippen molar-refractivity contribution in [2.24, 2.45) is 0 Å². The van der Waals surface area contributed by atoms with E-state index in [-0.39, 0.29) is 29.0 Å². The van der Waals surface area contributed by atoms with Crippen LogP contribution in [0.2, 0.25) is 0 Å². The molecule has 0 radical (unpaired) electrons. The van der Waals surface area contributed by atoms with Gasteiger partial charge < -0.3 is 24.8 Å². The molecule has 0 unspecified atom stereocenters. The third-order valence-electron chi connectivity index (χ3n) is 6.62. The largest absolute Gasteiger partial charge is 0.508 e. The lowest BCUT2D eigenvalue weighted by Gasteiger charge is -2.20. The van der Waals surface area contributed by atoms with Crippen molar-refractivity contribution in [3.63, 3.8) is 0 Å². The molecule has 0 bridgehead atoms. The van der Waals surface area contributed by atoms with Gasteiger partial charge in [0.2, 0.25) is 5.75 Å². The fourth-order valence-electron chi connectivity index (χ4n) is 4.49. The summed E-state index contributed by atoms with van der Waals surface area (Å²) in [5.74, 6) is -7.58. The fourth-order valence-corrected chi connectivity index (χ4v) is 4.49. The molecule has 3 N–H and O–H groups in total. The second kappa shape index (κ2) is 12.7. The summed E-state index contributed by atoms with van der Waals surface area (Å²) in [5, 5.41) is 32.5. The molecule has 9 heteroatoms. The summed E-state index contributed by atoms with van der Waals surface area (Å²) in [7, 11) is 0. The Morgan fingerprint density at radius 2 is 1.07 bits per heavy atom. The van der Waals surface area contributed by atoms with Crippen LogP contribution in [-0.2, 0) is 11.3 Å². The Morgan fingerprint density at radius 1 is 0.523 bits per heavy atom. The second-order valence-electron chi connectivity index (χ2n) is 9.54. The molecule has 9 nitrogen and oxygen atoms in total. The van der Waals surface area contributed by atoms with Crippen LogP contribution in [0.3, 0.4) is 0 Å². The lowest BCUT2D eigenvalue weighted by atomic mass is 9.88. The number of phenolic OH excluding ortho intramolecular Hbond substituents is 3. The number of phenols is 3. The van der Waals surface area contributed by atoms with Gasteiger partial charge >= 0.3 is 11.9 Å². The van der Waals surface area contributed by atoms with E-state index in [0.717, 1.165) is 6.07 Å². The summed E-state index contributed by atoms with van der Waals surface area (Å²) in [6.45, 7) is -0.279. The highest BCUT2D eigenvalue weighted by atomic mass is 16.5. The highest BCUT2D eigenvalue weighted by Gasteiger charge is 2.37. The molecular formula is C35H24O9. The second-order valence-corrected chi connectivity index (χ2v) is 9.54. The number of ether oxygens (including phenoxy) is 2. The maximum Gasteiger partial charge on any atom is 0.343 e. The van der Waals surface area contributed by atoms with Crippen LogP contribution in [0.25, 0.3) is 0 Å². The average molecular weight is 589 g/mol. The number of rotatable bonds is 9. The number of carbonyl (C=O) groups excluding carboxylic acids is 4. The highest BCUT2D eigenvalue weighted by Crippen LogP contribution is 2.46. The first-order chi connectivity index (χ1) is 21.3. The molecule has 0 aliphatic carbocycles. The number of ketones is 2. The van der Waals surface area contributed by atoms with E-state index in [1.165, 1.54) is 42.5 Å². The van der Waals surface area contributed by atoms with Gasteiger partial charge in [0.25, 0.3) is 0 Å². The van der Waals surface area contributed by atoms with Gasteiger partial charge in [-0.05, 0) is 29.8 Å². The number of carbonyl (C=O) groups is 4.